The molecule has 0 spiro atoms. The number of rotatable bonds is 2. The number of hydrogen-bond acceptors (Lipinski definition) is 1. The Balaban J connectivity index is 2.81. The summed E-state index contributed by atoms with van der Waals surface area (Å²) in [6.45, 7) is 1.91. The summed E-state index contributed by atoms with van der Waals surface area (Å²) in [6.07, 6.45) is 2.26. The van der Waals surface area contributed by atoms with Crippen molar-refractivity contribution in [3.63, 3.8) is 0 Å². The van der Waals surface area contributed by atoms with Crippen LogP contribution in [0, 0.1) is 0 Å². The minimum Gasteiger partial charge on any atom is -0.291 e. The smallest absolute Gasteiger partial charge is 0.199 e. The van der Waals surface area contributed by atoms with E-state index in [1.807, 2.05) is 6.92 Å². The Labute approximate surface area is 45.9 Å². The van der Waals surface area contributed by atoms with Gasteiger partial charge >= 0.3 is 0 Å². The van der Waals surface area contributed by atoms with E-state index in [-0.39, 0.29) is 4.83 Å². The minimum absolute atomic E-state index is 0.287. The molecule has 35 valence electrons. The van der Waals surface area contributed by atoms with Gasteiger partial charge in [-0.15, -0.1) is 0 Å². The maximum absolute atomic E-state index is 9.46. The Hall–Kier alpha value is 0.150. The maximum Gasteiger partial charge on any atom is 0.199 e. The Bertz CT molecular complexity index is 42.8. The van der Waals surface area contributed by atoms with Gasteiger partial charge in [0.2, 0.25) is 0 Å². The van der Waals surface area contributed by atoms with Crippen LogP contribution in [0.4, 0.5) is 0 Å². The Kier molecular flexibility index (Phi) is 3.43. The van der Waals surface area contributed by atoms with E-state index in [1.165, 1.54) is 0 Å². The van der Waals surface area contributed by atoms with Gasteiger partial charge < -0.3 is 0 Å². The van der Waals surface area contributed by atoms with E-state index in [9.17, 15) is 4.79 Å². The number of halogens is 1. The average Bonchev–Trinajstić information content (AvgIpc) is 1.35. The van der Waals surface area contributed by atoms with Gasteiger partial charge in [-0.2, -0.15) is 0 Å². The van der Waals surface area contributed by atoms with E-state index >= 15 is 0 Å². The monoisotopic (exact) mass is 149 g/mol. The fraction of sp³-hybridized carbons (Fsp3) is 0.750. The third-order valence-electron chi connectivity index (χ3n) is 0.365. The standard InChI is InChI=1S/C4H6BrO/c1-4(5)2-3-6/h4H,2H2,1H3. The lowest BCUT2D eigenvalue weighted by Crippen LogP contribution is -1.87. The van der Waals surface area contributed by atoms with Crippen molar-refractivity contribution in [2.45, 2.75) is 18.2 Å². The lowest BCUT2D eigenvalue weighted by Gasteiger charge is -1.86. The third kappa shape index (κ3) is 4.15. The van der Waals surface area contributed by atoms with Crippen LogP contribution >= 0.6 is 15.9 Å². The highest BCUT2D eigenvalue weighted by Gasteiger charge is 1.89. The lowest BCUT2D eigenvalue weighted by molar-refractivity contribution is 0.551. The fourth-order valence-corrected chi connectivity index (χ4v) is 0.247. The summed E-state index contributed by atoms with van der Waals surface area (Å²) in [5.74, 6) is 0. The molecule has 1 radical (unpaired) electrons. The summed E-state index contributed by atoms with van der Waals surface area (Å²) in [7, 11) is 0. The summed E-state index contributed by atoms with van der Waals surface area (Å²) in [5.41, 5.74) is 0. The van der Waals surface area contributed by atoms with Crippen LogP contribution in [0.3, 0.4) is 0 Å². The molecule has 0 rings (SSSR count). The van der Waals surface area contributed by atoms with Crippen LogP contribution in [0.1, 0.15) is 13.3 Å². The first kappa shape index (κ1) is 6.15. The number of carbonyl (C=O) groups excluding carboxylic acids is 1. The van der Waals surface area contributed by atoms with Crippen LogP contribution in [0.5, 0.6) is 0 Å². The van der Waals surface area contributed by atoms with Crippen LogP contribution < -0.4 is 0 Å². The van der Waals surface area contributed by atoms with Crippen LogP contribution in [0.2, 0.25) is 0 Å². The third-order valence-corrected chi connectivity index (χ3v) is 0.688. The average molecular weight is 150 g/mol. The van der Waals surface area contributed by atoms with Gasteiger partial charge in [0.1, 0.15) is 0 Å². The van der Waals surface area contributed by atoms with Crippen molar-refractivity contribution in [1.29, 1.82) is 0 Å². The molecular weight excluding hydrogens is 144 g/mol. The van der Waals surface area contributed by atoms with Crippen molar-refractivity contribution in [1.82, 2.24) is 0 Å². The quantitative estimate of drug-likeness (QED) is 0.541. The molecule has 1 unspecified atom stereocenters. The summed E-state index contributed by atoms with van der Waals surface area (Å²) in [4.78, 5) is 9.75. The molecule has 0 aromatic carbocycles. The first-order chi connectivity index (χ1) is 2.77. The molecule has 1 nitrogen and oxygen atoms in total. The number of alkyl halides is 1. The predicted molar refractivity (Wildman–Crippen MR) is 28.7 cm³/mol. The van der Waals surface area contributed by atoms with Crippen LogP contribution in [0.25, 0.3) is 0 Å². The molecule has 1 atom stereocenters. The highest BCUT2D eigenvalue weighted by molar-refractivity contribution is 9.09. The molecule has 0 aromatic rings. The largest absolute Gasteiger partial charge is 0.291 e. The maximum atomic E-state index is 9.46. The summed E-state index contributed by atoms with van der Waals surface area (Å²) < 4.78 is 0. The van der Waals surface area contributed by atoms with E-state index in [2.05, 4.69) is 15.9 Å². The van der Waals surface area contributed by atoms with Gasteiger partial charge in [-0.1, -0.05) is 22.9 Å². The van der Waals surface area contributed by atoms with Crippen molar-refractivity contribution in [2.24, 2.45) is 0 Å². The summed E-state index contributed by atoms with van der Waals surface area (Å²) in [6, 6.07) is 0. The molecule has 0 aliphatic carbocycles. The molecule has 0 aliphatic heterocycles. The second kappa shape index (κ2) is 3.34. The van der Waals surface area contributed by atoms with Crippen molar-refractivity contribution in [3.8, 4) is 0 Å². The fourth-order valence-electron chi connectivity index (χ4n) is 0.115. The zero-order chi connectivity index (χ0) is 4.99. The second-order valence-electron chi connectivity index (χ2n) is 1.13. The van der Waals surface area contributed by atoms with Gasteiger partial charge in [0.25, 0.3) is 0 Å². The lowest BCUT2D eigenvalue weighted by atomic mass is 10.4. The summed E-state index contributed by atoms with van der Waals surface area (Å²) in [5, 5.41) is 0. The number of hydrogen-bond donors (Lipinski definition) is 0. The van der Waals surface area contributed by atoms with E-state index in [1.54, 1.807) is 6.29 Å². The van der Waals surface area contributed by atoms with Gasteiger partial charge in [-0.3, -0.25) is 4.79 Å². The highest BCUT2D eigenvalue weighted by atomic mass is 79.9. The van der Waals surface area contributed by atoms with Gasteiger partial charge in [-0.25, -0.2) is 0 Å². The molecule has 0 aromatic heterocycles. The molecule has 2 heteroatoms. The molecule has 0 fully saturated rings. The normalized spacial score (nSPS) is 13.7. The van der Waals surface area contributed by atoms with E-state index in [0.29, 0.717) is 6.42 Å². The Morgan fingerprint density at radius 1 is 2.00 bits per heavy atom. The van der Waals surface area contributed by atoms with Crippen molar-refractivity contribution in [2.75, 3.05) is 0 Å². The molecule has 0 saturated carbocycles. The van der Waals surface area contributed by atoms with E-state index < -0.39 is 0 Å². The SMILES string of the molecule is CC(Br)C[C]=O. The first-order valence-corrected chi connectivity index (χ1v) is 2.68. The summed E-state index contributed by atoms with van der Waals surface area (Å²) >= 11 is 3.17. The first-order valence-electron chi connectivity index (χ1n) is 1.76. The van der Waals surface area contributed by atoms with Crippen LogP contribution in [-0.2, 0) is 4.79 Å². The van der Waals surface area contributed by atoms with Crippen molar-refractivity contribution in [3.05, 3.63) is 0 Å². The van der Waals surface area contributed by atoms with Gasteiger partial charge in [-0.05, 0) is 0 Å². The molecule has 0 N–H and O–H groups in total. The zero-order valence-corrected chi connectivity index (χ0v) is 5.16. The van der Waals surface area contributed by atoms with Crippen LogP contribution in [0.15, 0.2) is 0 Å². The van der Waals surface area contributed by atoms with Crippen molar-refractivity contribution >= 4 is 22.2 Å². The molecule has 0 saturated heterocycles. The van der Waals surface area contributed by atoms with Gasteiger partial charge in [0, 0.05) is 11.2 Å². The van der Waals surface area contributed by atoms with Crippen molar-refractivity contribution < 1.29 is 4.79 Å². The molecular formula is C4H6BrO. The Morgan fingerprint density at radius 2 is 2.50 bits per heavy atom. The molecule has 0 bridgehead atoms. The van der Waals surface area contributed by atoms with Gasteiger partial charge in [0.15, 0.2) is 6.29 Å². The second-order valence-corrected chi connectivity index (χ2v) is 2.69. The molecule has 0 heterocycles. The zero-order valence-electron chi connectivity index (χ0n) is 3.57. The van der Waals surface area contributed by atoms with Crippen LogP contribution in [-0.4, -0.2) is 11.1 Å². The highest BCUT2D eigenvalue weighted by Crippen LogP contribution is 1.98. The Morgan fingerprint density at radius 3 is 2.50 bits per heavy atom. The molecule has 6 heavy (non-hydrogen) atoms. The minimum atomic E-state index is 0.287. The topological polar surface area (TPSA) is 17.1 Å². The molecule has 0 amide bonds. The van der Waals surface area contributed by atoms with E-state index in [0.717, 1.165) is 0 Å². The predicted octanol–water partition coefficient (Wildman–Crippen LogP) is 1.27. The van der Waals surface area contributed by atoms with Gasteiger partial charge in [0.05, 0.1) is 0 Å². The molecule has 0 aliphatic rings. The van der Waals surface area contributed by atoms with E-state index in [4.69, 9.17) is 0 Å².